The Bertz CT molecular complexity index is 197. The van der Waals surface area contributed by atoms with E-state index in [9.17, 15) is 5.11 Å². The van der Waals surface area contributed by atoms with E-state index >= 15 is 0 Å². The highest BCUT2D eigenvalue weighted by molar-refractivity contribution is 5.11. The standard InChI is InChI=1S/C11H20O/c1-4-11(12)9-6-5-8(7-9)10(11,2)3/h8-9,12H,4-7H2,1-3H3. The van der Waals surface area contributed by atoms with Crippen LogP contribution in [0.5, 0.6) is 0 Å². The highest BCUT2D eigenvalue weighted by Crippen LogP contribution is 2.62. The molecule has 1 N–H and O–H groups in total. The Kier molecular flexibility index (Phi) is 1.61. The Morgan fingerprint density at radius 3 is 2.17 bits per heavy atom. The lowest BCUT2D eigenvalue weighted by Gasteiger charge is -2.45. The van der Waals surface area contributed by atoms with E-state index in [1.54, 1.807) is 0 Å². The highest BCUT2D eigenvalue weighted by Gasteiger charge is 2.60. The van der Waals surface area contributed by atoms with E-state index in [1.165, 1.54) is 19.3 Å². The van der Waals surface area contributed by atoms with Gasteiger partial charge in [0.2, 0.25) is 0 Å². The maximum Gasteiger partial charge on any atom is 0.0726 e. The molecule has 0 aliphatic heterocycles. The lowest BCUT2D eigenvalue weighted by Crippen LogP contribution is -2.48. The van der Waals surface area contributed by atoms with E-state index < -0.39 is 0 Å². The molecule has 0 aromatic rings. The van der Waals surface area contributed by atoms with Gasteiger partial charge in [-0.3, -0.25) is 0 Å². The van der Waals surface area contributed by atoms with Crippen LogP contribution in [0, 0.1) is 17.3 Å². The van der Waals surface area contributed by atoms with E-state index in [0.29, 0.717) is 5.92 Å². The molecule has 1 nitrogen and oxygen atoms in total. The third kappa shape index (κ3) is 0.736. The molecule has 2 aliphatic rings. The van der Waals surface area contributed by atoms with Crippen LogP contribution in [0.2, 0.25) is 0 Å². The zero-order valence-electron chi connectivity index (χ0n) is 8.43. The Hall–Kier alpha value is -0.0400. The van der Waals surface area contributed by atoms with Crippen LogP contribution in [0.1, 0.15) is 46.5 Å². The highest BCUT2D eigenvalue weighted by atomic mass is 16.3. The van der Waals surface area contributed by atoms with Crippen LogP contribution < -0.4 is 0 Å². The first-order valence-electron chi connectivity index (χ1n) is 5.24. The van der Waals surface area contributed by atoms with Gasteiger partial charge in [0.05, 0.1) is 5.60 Å². The summed E-state index contributed by atoms with van der Waals surface area (Å²) < 4.78 is 0. The van der Waals surface area contributed by atoms with Gasteiger partial charge < -0.3 is 5.11 Å². The minimum atomic E-state index is -0.351. The second-order valence-electron chi connectivity index (χ2n) is 5.21. The van der Waals surface area contributed by atoms with Gasteiger partial charge in [-0.25, -0.2) is 0 Å². The largest absolute Gasteiger partial charge is 0.389 e. The molecular formula is C11H20O. The molecule has 0 amide bonds. The molecule has 0 aromatic heterocycles. The topological polar surface area (TPSA) is 20.2 Å². The molecular weight excluding hydrogens is 148 g/mol. The SMILES string of the molecule is CCC1(O)C2CCC(C2)C1(C)C. The summed E-state index contributed by atoms with van der Waals surface area (Å²) in [5.74, 6) is 1.38. The molecule has 2 bridgehead atoms. The predicted octanol–water partition coefficient (Wildman–Crippen LogP) is 2.58. The molecule has 0 radical (unpaired) electrons. The molecule has 3 atom stereocenters. The fourth-order valence-corrected chi connectivity index (χ4v) is 3.69. The van der Waals surface area contributed by atoms with Crippen LogP contribution in [0.4, 0.5) is 0 Å². The summed E-state index contributed by atoms with van der Waals surface area (Å²) in [4.78, 5) is 0. The van der Waals surface area contributed by atoms with Gasteiger partial charge in [0.15, 0.2) is 0 Å². The third-order valence-electron chi connectivity index (χ3n) is 4.78. The maximum absolute atomic E-state index is 10.5. The van der Waals surface area contributed by atoms with Crippen molar-refractivity contribution in [1.82, 2.24) is 0 Å². The zero-order chi connectivity index (χ0) is 8.98. The Balaban J connectivity index is 2.34. The normalized spacial score (nSPS) is 50.0. The van der Waals surface area contributed by atoms with Crippen molar-refractivity contribution in [2.45, 2.75) is 52.1 Å². The van der Waals surface area contributed by atoms with Crippen LogP contribution in [0.25, 0.3) is 0 Å². The first-order valence-corrected chi connectivity index (χ1v) is 5.24. The van der Waals surface area contributed by atoms with Crippen molar-refractivity contribution >= 4 is 0 Å². The quantitative estimate of drug-likeness (QED) is 0.638. The summed E-state index contributed by atoms with van der Waals surface area (Å²) in [6, 6.07) is 0. The number of rotatable bonds is 1. The van der Waals surface area contributed by atoms with Crippen molar-refractivity contribution in [2.75, 3.05) is 0 Å². The molecule has 1 heteroatoms. The van der Waals surface area contributed by atoms with E-state index in [4.69, 9.17) is 0 Å². The second-order valence-corrected chi connectivity index (χ2v) is 5.21. The van der Waals surface area contributed by atoms with E-state index in [-0.39, 0.29) is 11.0 Å². The van der Waals surface area contributed by atoms with Crippen molar-refractivity contribution in [3.63, 3.8) is 0 Å². The Morgan fingerprint density at radius 1 is 1.25 bits per heavy atom. The number of fused-ring (bicyclic) bond motifs is 2. The van der Waals surface area contributed by atoms with E-state index in [1.807, 2.05) is 0 Å². The van der Waals surface area contributed by atoms with E-state index in [0.717, 1.165) is 12.3 Å². The molecule has 2 saturated carbocycles. The molecule has 0 aromatic carbocycles. The molecule has 0 spiro atoms. The van der Waals surface area contributed by atoms with Crippen LogP contribution in [-0.2, 0) is 0 Å². The predicted molar refractivity (Wildman–Crippen MR) is 49.9 cm³/mol. The maximum atomic E-state index is 10.5. The number of hydrogen-bond acceptors (Lipinski definition) is 1. The minimum Gasteiger partial charge on any atom is -0.389 e. The van der Waals surface area contributed by atoms with Crippen LogP contribution in [0.15, 0.2) is 0 Å². The summed E-state index contributed by atoms with van der Waals surface area (Å²) in [6.07, 6.45) is 4.82. The second kappa shape index (κ2) is 2.25. The Labute approximate surface area is 75.2 Å². The fourth-order valence-electron chi connectivity index (χ4n) is 3.69. The van der Waals surface area contributed by atoms with Gasteiger partial charge in [0, 0.05) is 0 Å². The average molecular weight is 168 g/mol. The lowest BCUT2D eigenvalue weighted by atomic mass is 9.64. The van der Waals surface area contributed by atoms with Crippen molar-refractivity contribution in [3.05, 3.63) is 0 Å². The van der Waals surface area contributed by atoms with Crippen molar-refractivity contribution in [2.24, 2.45) is 17.3 Å². The molecule has 0 saturated heterocycles. The summed E-state index contributed by atoms with van der Waals surface area (Å²) in [7, 11) is 0. The van der Waals surface area contributed by atoms with Crippen molar-refractivity contribution in [3.8, 4) is 0 Å². The smallest absolute Gasteiger partial charge is 0.0726 e. The zero-order valence-corrected chi connectivity index (χ0v) is 8.43. The van der Waals surface area contributed by atoms with Gasteiger partial charge >= 0.3 is 0 Å². The molecule has 0 heterocycles. The third-order valence-corrected chi connectivity index (χ3v) is 4.78. The van der Waals surface area contributed by atoms with Crippen molar-refractivity contribution in [1.29, 1.82) is 0 Å². The Morgan fingerprint density at radius 2 is 1.83 bits per heavy atom. The van der Waals surface area contributed by atoms with Gasteiger partial charge in [-0.15, -0.1) is 0 Å². The molecule has 3 unspecified atom stereocenters. The summed E-state index contributed by atoms with van der Waals surface area (Å²) in [5, 5.41) is 10.5. The van der Waals surface area contributed by atoms with Crippen LogP contribution >= 0.6 is 0 Å². The number of aliphatic hydroxyl groups is 1. The van der Waals surface area contributed by atoms with Gasteiger partial charge in [0.1, 0.15) is 0 Å². The molecule has 2 rings (SSSR count). The van der Waals surface area contributed by atoms with Gasteiger partial charge in [0.25, 0.3) is 0 Å². The monoisotopic (exact) mass is 168 g/mol. The first-order chi connectivity index (χ1) is 5.52. The number of hydrogen-bond donors (Lipinski definition) is 1. The van der Waals surface area contributed by atoms with Gasteiger partial charge in [-0.1, -0.05) is 20.8 Å². The summed E-state index contributed by atoms with van der Waals surface area (Å²) >= 11 is 0. The van der Waals surface area contributed by atoms with Gasteiger partial charge in [-0.2, -0.15) is 0 Å². The van der Waals surface area contributed by atoms with Crippen LogP contribution in [0.3, 0.4) is 0 Å². The fraction of sp³-hybridized carbons (Fsp3) is 1.00. The molecule has 12 heavy (non-hydrogen) atoms. The summed E-state index contributed by atoms with van der Waals surface area (Å²) in [5.41, 5.74) is -0.180. The molecule has 2 fully saturated rings. The van der Waals surface area contributed by atoms with E-state index in [2.05, 4.69) is 20.8 Å². The first kappa shape index (κ1) is 8.55. The average Bonchev–Trinajstić information content (AvgIpc) is 2.55. The van der Waals surface area contributed by atoms with Crippen molar-refractivity contribution < 1.29 is 5.11 Å². The lowest BCUT2D eigenvalue weighted by molar-refractivity contribution is -0.108. The van der Waals surface area contributed by atoms with Gasteiger partial charge in [-0.05, 0) is 42.9 Å². The summed E-state index contributed by atoms with van der Waals surface area (Å²) in [6.45, 7) is 6.63. The molecule has 2 aliphatic carbocycles. The minimum absolute atomic E-state index is 0.171. The molecule has 70 valence electrons. The van der Waals surface area contributed by atoms with Crippen LogP contribution in [-0.4, -0.2) is 10.7 Å².